The van der Waals surface area contributed by atoms with E-state index >= 15 is 0 Å². The molecule has 2 rings (SSSR count). The molecule has 0 aromatic heterocycles. The lowest BCUT2D eigenvalue weighted by Crippen LogP contribution is -2.43. The molecule has 1 unspecified atom stereocenters. The summed E-state index contributed by atoms with van der Waals surface area (Å²) >= 11 is 0. The zero-order chi connectivity index (χ0) is 14.0. The van der Waals surface area contributed by atoms with Crippen molar-refractivity contribution in [2.24, 2.45) is 10.9 Å². The number of aromatic hydroxyl groups is 2. The molecular weight excluding hydrogens is 250 g/mol. The number of amidine groups is 1. The number of nitrogens with two attached hydrogens (primary N) is 1. The topological polar surface area (TPSA) is 119 Å². The fraction of sp³-hybridized carbons (Fsp3) is 0.333. The number of benzene rings is 1. The predicted octanol–water partition coefficient (Wildman–Crippen LogP) is 0.449. The molecule has 1 atom stereocenters. The molecule has 102 valence electrons. The Morgan fingerprint density at radius 2 is 2.16 bits per heavy atom. The fourth-order valence-corrected chi connectivity index (χ4v) is 2.24. The van der Waals surface area contributed by atoms with Crippen molar-refractivity contribution in [2.75, 3.05) is 6.54 Å². The number of nitrogens with zero attached hydrogens (tertiary/aromatic N) is 2. The number of carbonyl (C=O) groups excluding carboxylic acids is 1. The van der Waals surface area contributed by atoms with Crippen molar-refractivity contribution in [3.63, 3.8) is 0 Å². The van der Waals surface area contributed by atoms with Crippen LogP contribution in [0, 0.1) is 0 Å². The third kappa shape index (κ3) is 2.26. The number of para-hydroxylation sites is 1. The molecule has 5 N–H and O–H groups in total. The largest absolute Gasteiger partial charge is 0.504 e. The van der Waals surface area contributed by atoms with E-state index in [1.165, 1.54) is 23.1 Å². The average Bonchev–Trinajstić information content (AvgIpc) is 2.89. The SMILES string of the molecule is N/C(=N/O)C1CCCN1C(=O)c1cccc(O)c1O. The molecule has 1 aliphatic rings. The summed E-state index contributed by atoms with van der Waals surface area (Å²) in [5, 5.41) is 30.7. The van der Waals surface area contributed by atoms with Gasteiger partial charge in [0.2, 0.25) is 0 Å². The second kappa shape index (κ2) is 5.05. The van der Waals surface area contributed by atoms with Crippen LogP contribution < -0.4 is 5.73 Å². The van der Waals surface area contributed by atoms with E-state index in [-0.39, 0.29) is 17.1 Å². The summed E-state index contributed by atoms with van der Waals surface area (Å²) < 4.78 is 0. The Bertz CT molecular complexity index is 530. The van der Waals surface area contributed by atoms with E-state index in [0.29, 0.717) is 13.0 Å². The van der Waals surface area contributed by atoms with Gasteiger partial charge in [0, 0.05) is 6.54 Å². The van der Waals surface area contributed by atoms with Crippen molar-refractivity contribution in [1.29, 1.82) is 0 Å². The number of hydrogen-bond donors (Lipinski definition) is 4. The zero-order valence-corrected chi connectivity index (χ0v) is 10.2. The molecule has 0 bridgehead atoms. The van der Waals surface area contributed by atoms with Crippen LogP contribution >= 0.6 is 0 Å². The highest BCUT2D eigenvalue weighted by molar-refractivity contribution is 6.01. The summed E-state index contributed by atoms with van der Waals surface area (Å²) in [6.45, 7) is 0.453. The molecule has 7 heteroatoms. The number of phenolic OH excluding ortho intramolecular Hbond substituents is 2. The Morgan fingerprint density at radius 3 is 2.84 bits per heavy atom. The highest BCUT2D eigenvalue weighted by Crippen LogP contribution is 2.31. The van der Waals surface area contributed by atoms with Gasteiger partial charge in [0.15, 0.2) is 17.3 Å². The highest BCUT2D eigenvalue weighted by atomic mass is 16.4. The van der Waals surface area contributed by atoms with Crippen LogP contribution in [-0.4, -0.2) is 44.6 Å². The normalized spacial score (nSPS) is 19.7. The molecule has 1 aliphatic heterocycles. The lowest BCUT2D eigenvalue weighted by Gasteiger charge is -2.24. The van der Waals surface area contributed by atoms with Crippen molar-refractivity contribution in [2.45, 2.75) is 18.9 Å². The number of phenols is 2. The Labute approximate surface area is 109 Å². The molecular formula is C12H15N3O4. The van der Waals surface area contributed by atoms with Crippen LogP contribution in [0.5, 0.6) is 11.5 Å². The molecule has 0 aliphatic carbocycles. The van der Waals surface area contributed by atoms with E-state index in [9.17, 15) is 15.0 Å². The maximum atomic E-state index is 12.3. The molecule has 1 aromatic carbocycles. The van der Waals surface area contributed by atoms with Crippen LogP contribution in [0.25, 0.3) is 0 Å². The van der Waals surface area contributed by atoms with Crippen LogP contribution in [0.1, 0.15) is 23.2 Å². The van der Waals surface area contributed by atoms with Crippen LogP contribution in [0.2, 0.25) is 0 Å². The van der Waals surface area contributed by atoms with Gasteiger partial charge >= 0.3 is 0 Å². The number of amides is 1. The van der Waals surface area contributed by atoms with Crippen LogP contribution in [-0.2, 0) is 0 Å². The molecule has 0 spiro atoms. The van der Waals surface area contributed by atoms with E-state index in [4.69, 9.17) is 10.9 Å². The summed E-state index contributed by atoms with van der Waals surface area (Å²) in [5.74, 6) is -1.31. The minimum atomic E-state index is -0.487. The summed E-state index contributed by atoms with van der Waals surface area (Å²) in [7, 11) is 0. The number of likely N-dealkylation sites (tertiary alicyclic amines) is 1. The van der Waals surface area contributed by atoms with Gasteiger partial charge in [-0.3, -0.25) is 4.79 Å². The predicted molar refractivity (Wildman–Crippen MR) is 67.2 cm³/mol. The third-order valence-corrected chi connectivity index (χ3v) is 3.22. The molecule has 1 amide bonds. The van der Waals surface area contributed by atoms with Crippen molar-refractivity contribution >= 4 is 11.7 Å². The second-order valence-electron chi connectivity index (χ2n) is 4.35. The van der Waals surface area contributed by atoms with Gasteiger partial charge < -0.3 is 26.1 Å². The van der Waals surface area contributed by atoms with E-state index in [1.54, 1.807) is 0 Å². The third-order valence-electron chi connectivity index (χ3n) is 3.22. The van der Waals surface area contributed by atoms with Gasteiger partial charge in [-0.2, -0.15) is 0 Å². The minimum Gasteiger partial charge on any atom is -0.504 e. The van der Waals surface area contributed by atoms with Gasteiger partial charge in [0.05, 0.1) is 11.6 Å². The van der Waals surface area contributed by atoms with Crippen LogP contribution in [0.3, 0.4) is 0 Å². The first-order valence-corrected chi connectivity index (χ1v) is 5.85. The Morgan fingerprint density at radius 1 is 1.42 bits per heavy atom. The number of rotatable bonds is 2. The van der Waals surface area contributed by atoms with E-state index in [1.807, 2.05) is 0 Å². The standard InChI is InChI=1S/C12H15N3O4/c13-11(14-19)8-4-2-6-15(8)12(18)7-3-1-5-9(16)10(7)17/h1,3,5,8,16-17,19H,2,4,6H2,(H2,13,14). The highest BCUT2D eigenvalue weighted by Gasteiger charge is 2.33. The smallest absolute Gasteiger partial charge is 0.258 e. The quantitative estimate of drug-likeness (QED) is 0.203. The first-order chi connectivity index (χ1) is 9.06. The molecule has 0 radical (unpaired) electrons. The molecule has 1 aromatic rings. The minimum absolute atomic E-state index is 0.00219. The molecule has 1 heterocycles. The van der Waals surface area contributed by atoms with Crippen molar-refractivity contribution in [1.82, 2.24) is 4.90 Å². The van der Waals surface area contributed by atoms with Gasteiger partial charge in [-0.15, -0.1) is 0 Å². The van der Waals surface area contributed by atoms with E-state index in [0.717, 1.165) is 6.42 Å². The van der Waals surface area contributed by atoms with Crippen LogP contribution in [0.4, 0.5) is 0 Å². The van der Waals surface area contributed by atoms with Crippen molar-refractivity contribution < 1.29 is 20.2 Å². The Balaban J connectivity index is 2.31. The van der Waals surface area contributed by atoms with Gasteiger partial charge in [0.1, 0.15) is 0 Å². The maximum absolute atomic E-state index is 12.3. The Hall–Kier alpha value is -2.44. The Kier molecular flexibility index (Phi) is 3.46. The maximum Gasteiger partial charge on any atom is 0.258 e. The first kappa shape index (κ1) is 13.0. The molecule has 19 heavy (non-hydrogen) atoms. The number of oxime groups is 1. The first-order valence-electron chi connectivity index (χ1n) is 5.85. The summed E-state index contributed by atoms with van der Waals surface area (Å²) in [5.41, 5.74) is 5.54. The van der Waals surface area contributed by atoms with Gasteiger partial charge in [-0.1, -0.05) is 11.2 Å². The van der Waals surface area contributed by atoms with Gasteiger partial charge in [-0.05, 0) is 25.0 Å². The lowest BCUT2D eigenvalue weighted by molar-refractivity contribution is 0.0764. The lowest BCUT2D eigenvalue weighted by atomic mass is 10.1. The zero-order valence-electron chi connectivity index (χ0n) is 10.2. The van der Waals surface area contributed by atoms with E-state index < -0.39 is 17.7 Å². The average molecular weight is 265 g/mol. The molecule has 1 fully saturated rings. The monoisotopic (exact) mass is 265 g/mol. The van der Waals surface area contributed by atoms with Gasteiger partial charge in [0.25, 0.3) is 5.91 Å². The summed E-state index contributed by atoms with van der Waals surface area (Å²) in [4.78, 5) is 13.7. The van der Waals surface area contributed by atoms with Crippen LogP contribution in [0.15, 0.2) is 23.4 Å². The molecule has 7 nitrogen and oxygen atoms in total. The molecule has 0 saturated carbocycles. The second-order valence-corrected chi connectivity index (χ2v) is 4.35. The summed E-state index contributed by atoms with van der Waals surface area (Å²) in [6.07, 6.45) is 1.33. The summed E-state index contributed by atoms with van der Waals surface area (Å²) in [6, 6.07) is 3.69. The molecule has 1 saturated heterocycles. The van der Waals surface area contributed by atoms with Gasteiger partial charge in [-0.25, -0.2) is 0 Å². The van der Waals surface area contributed by atoms with Crippen molar-refractivity contribution in [3.8, 4) is 11.5 Å². The van der Waals surface area contributed by atoms with Crippen molar-refractivity contribution in [3.05, 3.63) is 23.8 Å². The number of carbonyl (C=O) groups is 1. The fourth-order valence-electron chi connectivity index (χ4n) is 2.24. The number of hydrogen-bond acceptors (Lipinski definition) is 5. The van der Waals surface area contributed by atoms with E-state index in [2.05, 4.69) is 5.16 Å².